The van der Waals surface area contributed by atoms with Crippen LogP contribution in [0, 0.1) is 42.9 Å². The van der Waals surface area contributed by atoms with Gasteiger partial charge < -0.3 is 24.8 Å². The molecule has 4 bridgehead atoms. The molecule has 4 fully saturated rings. The van der Waals surface area contributed by atoms with Gasteiger partial charge in [-0.05, 0) is 0 Å². The molecule has 0 N–H and O–H groups in total. The zero-order valence-electron chi connectivity index (χ0n) is 38.3. The summed E-state index contributed by atoms with van der Waals surface area (Å²) in [5.41, 5.74) is 24.6. The maximum absolute atomic E-state index is 2.98. The fourth-order valence-corrected chi connectivity index (χ4v) is 24.7. The Labute approximate surface area is 387 Å². The molecule has 61 heavy (non-hydrogen) atoms. The SMILES string of the molecule is CC1=CC(C)(C)c2cc3c(cc21)-c1cc2c(cc1C3)C(C)(C)[C]([Zr+2]([C]1=C(C)C(CC34CC5CC(CC(C5)C3)C4)=CC1C)=[C](c1ccc(C)cc1)c1ccc(C)cc1)=C2C.[Cl-].[Cl-]. The molecule has 1 atom stereocenters. The van der Waals surface area contributed by atoms with Crippen molar-refractivity contribution < 1.29 is 46.1 Å². The van der Waals surface area contributed by atoms with Crippen LogP contribution in [0.3, 0.4) is 0 Å². The molecule has 8 aliphatic rings. The number of halogens is 2. The minimum atomic E-state index is -2.98. The van der Waals surface area contributed by atoms with Gasteiger partial charge in [0.05, 0.1) is 0 Å². The molecule has 3 heteroatoms. The summed E-state index contributed by atoms with van der Waals surface area (Å²) in [5, 5.41) is 0. The first-order valence-electron chi connectivity index (χ1n) is 23.2. The van der Waals surface area contributed by atoms with Gasteiger partial charge in [-0.2, -0.15) is 0 Å². The number of allylic oxidation sites excluding steroid dienone is 8. The van der Waals surface area contributed by atoms with Gasteiger partial charge in [-0.25, -0.2) is 0 Å². The van der Waals surface area contributed by atoms with Crippen molar-refractivity contribution in [1.82, 2.24) is 0 Å². The Morgan fingerprint density at radius 2 is 1.13 bits per heavy atom. The third kappa shape index (κ3) is 6.78. The van der Waals surface area contributed by atoms with E-state index < -0.39 is 21.3 Å². The molecule has 0 aromatic heterocycles. The second-order valence-electron chi connectivity index (χ2n) is 22.1. The van der Waals surface area contributed by atoms with Crippen LogP contribution in [-0.4, -0.2) is 3.21 Å². The number of fused-ring (bicyclic) bond motifs is 5. The van der Waals surface area contributed by atoms with E-state index in [1.165, 1.54) is 112 Å². The molecule has 0 radical (unpaired) electrons. The molecule has 4 aromatic carbocycles. The Bertz CT molecular complexity index is 2590. The number of aryl methyl sites for hydroxylation is 2. The summed E-state index contributed by atoms with van der Waals surface area (Å²) >= 11 is -2.98. The smallest absolute Gasteiger partial charge is 1.00 e. The van der Waals surface area contributed by atoms with E-state index in [1.54, 1.807) is 28.8 Å². The Morgan fingerprint density at radius 3 is 1.67 bits per heavy atom. The first-order valence-corrected chi connectivity index (χ1v) is 26.9. The van der Waals surface area contributed by atoms with Crippen LogP contribution in [0.2, 0.25) is 0 Å². The molecule has 0 amide bonds. The monoisotopic (exact) mass is 920 g/mol. The quantitative estimate of drug-likeness (QED) is 0.160. The van der Waals surface area contributed by atoms with Crippen molar-refractivity contribution in [1.29, 1.82) is 0 Å². The Hall–Kier alpha value is -2.83. The third-order valence-corrected chi connectivity index (χ3v) is 26.6. The summed E-state index contributed by atoms with van der Waals surface area (Å²) in [4.78, 5) is 0. The van der Waals surface area contributed by atoms with E-state index >= 15 is 0 Å². The molecule has 0 nitrogen and oxygen atoms in total. The summed E-state index contributed by atoms with van der Waals surface area (Å²) in [6.07, 6.45) is 16.6. The maximum Gasteiger partial charge on any atom is -1.00 e. The second-order valence-corrected chi connectivity index (χ2v) is 27.7. The van der Waals surface area contributed by atoms with E-state index in [9.17, 15) is 0 Å². The van der Waals surface area contributed by atoms with Gasteiger partial charge in [0.2, 0.25) is 0 Å². The fraction of sp³-hybridized carbons (Fsp3) is 0.431. The molecule has 12 rings (SSSR count). The van der Waals surface area contributed by atoms with E-state index in [1.807, 2.05) is 3.28 Å². The van der Waals surface area contributed by atoms with Crippen LogP contribution in [0.15, 0.2) is 103 Å². The average Bonchev–Trinajstić information content (AvgIpc) is 3.80. The minimum Gasteiger partial charge on any atom is -1.00 e. The summed E-state index contributed by atoms with van der Waals surface area (Å²) in [6, 6.07) is 29.8. The number of hydrogen-bond acceptors (Lipinski definition) is 0. The van der Waals surface area contributed by atoms with Crippen LogP contribution >= 0.6 is 0 Å². The topological polar surface area (TPSA) is 0 Å². The summed E-state index contributed by atoms with van der Waals surface area (Å²) in [7, 11) is 0. The van der Waals surface area contributed by atoms with Crippen LogP contribution in [-0.2, 0) is 38.5 Å². The predicted octanol–water partition coefficient (Wildman–Crippen LogP) is 8.94. The molecule has 0 spiro atoms. The van der Waals surface area contributed by atoms with E-state index in [4.69, 9.17) is 0 Å². The summed E-state index contributed by atoms with van der Waals surface area (Å²) in [6.45, 7) is 24.5. The number of hydrogen-bond donors (Lipinski definition) is 0. The van der Waals surface area contributed by atoms with Crippen molar-refractivity contribution in [3.8, 4) is 11.1 Å². The Balaban J connectivity index is 0.00000238. The maximum atomic E-state index is 2.79. The van der Waals surface area contributed by atoms with Gasteiger partial charge in [-0.15, -0.1) is 0 Å². The first-order chi connectivity index (χ1) is 28.1. The van der Waals surface area contributed by atoms with Crippen LogP contribution in [0.25, 0.3) is 22.3 Å². The summed E-state index contributed by atoms with van der Waals surface area (Å²) in [5.74, 6) is 3.45. The Morgan fingerprint density at radius 1 is 0.623 bits per heavy atom. The van der Waals surface area contributed by atoms with Gasteiger partial charge in [-0.1, -0.05) is 0 Å². The fourth-order valence-electron chi connectivity index (χ4n) is 14.7. The normalized spacial score (nSPS) is 26.4. The molecule has 314 valence electrons. The van der Waals surface area contributed by atoms with Crippen LogP contribution in [0.4, 0.5) is 0 Å². The van der Waals surface area contributed by atoms with Crippen molar-refractivity contribution in [3.63, 3.8) is 0 Å². The van der Waals surface area contributed by atoms with Gasteiger partial charge in [0, 0.05) is 0 Å². The molecule has 0 aliphatic heterocycles. The molecule has 8 aliphatic carbocycles. The van der Waals surface area contributed by atoms with Crippen LogP contribution in [0.1, 0.15) is 156 Å². The molecule has 1 unspecified atom stereocenters. The van der Waals surface area contributed by atoms with Crippen molar-refractivity contribution in [2.75, 3.05) is 0 Å². The average molecular weight is 923 g/mol. The minimum absolute atomic E-state index is 0. The van der Waals surface area contributed by atoms with Gasteiger partial charge in [0.25, 0.3) is 0 Å². The molecular formula is C58H64Cl2Zr. The zero-order valence-corrected chi connectivity index (χ0v) is 42.3. The van der Waals surface area contributed by atoms with Gasteiger partial charge in [0.15, 0.2) is 0 Å². The van der Waals surface area contributed by atoms with E-state index in [-0.39, 0.29) is 35.6 Å². The standard InChI is InChI=1S/C25H25.C18H25.C15H14.2ClH.Zr/c1-14-12-24(3,4)22-8-16-7-17-9-23-19(15(2)13-25(23,5)6)11-21(17)20(16)10-18(14)22;1-12-3-13(2)17(4-12)11-18-8-14-5-15(9-18)7-16(6-14)10-18;1-12-3-7-14(8-4-12)11-15-9-5-13(2)6-10-15;;;/h8-12H,7H2,1-6H3;4,12,14-16H,5-11H2,1-2H3;3-10H,1-2H3;2*1H;/q;;;;;+2/p-2. The van der Waals surface area contributed by atoms with Gasteiger partial charge >= 0.3 is 366 Å². The molecule has 0 heterocycles. The van der Waals surface area contributed by atoms with Gasteiger partial charge in [-0.3, -0.25) is 0 Å². The number of rotatable bonds is 6. The largest absolute Gasteiger partial charge is 1.00 e. The molecule has 4 aromatic rings. The van der Waals surface area contributed by atoms with Crippen molar-refractivity contribution >= 4 is 14.4 Å². The Kier molecular flexibility index (Phi) is 10.8. The van der Waals surface area contributed by atoms with Crippen molar-refractivity contribution in [3.05, 3.63) is 158 Å². The van der Waals surface area contributed by atoms with Crippen molar-refractivity contribution in [2.45, 2.75) is 131 Å². The zero-order chi connectivity index (χ0) is 40.9. The van der Waals surface area contributed by atoms with E-state index in [0.717, 1.165) is 24.2 Å². The molecule has 0 saturated heterocycles. The number of benzene rings is 4. The van der Waals surface area contributed by atoms with Crippen molar-refractivity contribution in [2.24, 2.45) is 29.1 Å². The van der Waals surface area contributed by atoms with Crippen LogP contribution in [0.5, 0.6) is 0 Å². The molecular weight excluding hydrogens is 859 g/mol. The second kappa shape index (κ2) is 15.1. The predicted molar refractivity (Wildman–Crippen MR) is 248 cm³/mol. The first kappa shape index (κ1) is 43.4. The van der Waals surface area contributed by atoms with E-state index in [0.29, 0.717) is 11.3 Å². The summed E-state index contributed by atoms with van der Waals surface area (Å²) < 4.78 is 5.32. The molecule has 4 saturated carbocycles. The van der Waals surface area contributed by atoms with E-state index in [2.05, 4.69) is 154 Å². The van der Waals surface area contributed by atoms with Gasteiger partial charge in [0.1, 0.15) is 0 Å². The third-order valence-electron chi connectivity index (χ3n) is 16.9. The van der Waals surface area contributed by atoms with Crippen LogP contribution < -0.4 is 24.8 Å².